The van der Waals surface area contributed by atoms with Crippen LogP contribution < -0.4 is 0 Å². The van der Waals surface area contributed by atoms with Gasteiger partial charge < -0.3 is 5.11 Å². The lowest BCUT2D eigenvalue weighted by Crippen LogP contribution is -2.35. The van der Waals surface area contributed by atoms with Gasteiger partial charge in [0.1, 0.15) is 0 Å². The molecule has 0 aromatic heterocycles. The van der Waals surface area contributed by atoms with E-state index in [2.05, 4.69) is 26.0 Å². The molecule has 18 heavy (non-hydrogen) atoms. The molecule has 2 heteroatoms. The maximum atomic E-state index is 11.2. The van der Waals surface area contributed by atoms with Crippen molar-refractivity contribution >= 4 is 5.97 Å². The monoisotopic (exact) mass is 248 g/mol. The molecule has 1 N–H and O–H groups in total. The van der Waals surface area contributed by atoms with E-state index in [1.807, 2.05) is 32.0 Å². The fraction of sp³-hybridized carbons (Fsp3) is 0.562. The third kappa shape index (κ3) is 3.34. The summed E-state index contributed by atoms with van der Waals surface area (Å²) in [6.07, 6.45) is 0.845. The highest BCUT2D eigenvalue weighted by atomic mass is 16.4. The van der Waals surface area contributed by atoms with Crippen molar-refractivity contribution in [3.05, 3.63) is 35.9 Å². The molecular formula is C16H24O2. The minimum absolute atomic E-state index is 0.0194. The quantitative estimate of drug-likeness (QED) is 0.851. The van der Waals surface area contributed by atoms with Gasteiger partial charge in [0.2, 0.25) is 0 Å². The maximum Gasteiger partial charge on any atom is 0.306 e. The lowest BCUT2D eigenvalue weighted by molar-refractivity contribution is -0.145. The molecule has 0 spiro atoms. The Bertz CT molecular complexity index is 404. The van der Waals surface area contributed by atoms with Crippen molar-refractivity contribution in [2.45, 2.75) is 46.5 Å². The molecule has 0 aliphatic rings. The van der Waals surface area contributed by atoms with Crippen LogP contribution in [0.25, 0.3) is 0 Å². The van der Waals surface area contributed by atoms with Gasteiger partial charge in [-0.15, -0.1) is 0 Å². The summed E-state index contributed by atoms with van der Waals surface area (Å²) >= 11 is 0. The summed E-state index contributed by atoms with van der Waals surface area (Å²) in [6, 6.07) is 10.3. The number of hydrogen-bond acceptors (Lipinski definition) is 1. The van der Waals surface area contributed by atoms with E-state index < -0.39 is 5.97 Å². The van der Waals surface area contributed by atoms with Crippen molar-refractivity contribution in [1.82, 2.24) is 0 Å². The second-order valence-corrected chi connectivity index (χ2v) is 6.48. The van der Waals surface area contributed by atoms with Crippen molar-refractivity contribution in [2.75, 3.05) is 0 Å². The summed E-state index contributed by atoms with van der Waals surface area (Å²) < 4.78 is 0. The van der Waals surface area contributed by atoms with Crippen molar-refractivity contribution in [3.63, 3.8) is 0 Å². The first kappa shape index (κ1) is 14.7. The van der Waals surface area contributed by atoms with Gasteiger partial charge in [0.25, 0.3) is 0 Å². The second-order valence-electron chi connectivity index (χ2n) is 6.48. The average Bonchev–Trinajstić information content (AvgIpc) is 2.27. The van der Waals surface area contributed by atoms with E-state index in [-0.39, 0.29) is 16.7 Å². The van der Waals surface area contributed by atoms with Gasteiger partial charge in [0, 0.05) is 0 Å². The van der Waals surface area contributed by atoms with Gasteiger partial charge >= 0.3 is 5.97 Å². The molecule has 0 saturated heterocycles. The average molecular weight is 248 g/mol. The largest absolute Gasteiger partial charge is 0.481 e. The Kier molecular flexibility index (Phi) is 4.20. The number of rotatable bonds is 5. The Hall–Kier alpha value is -1.31. The highest BCUT2D eigenvalue weighted by Crippen LogP contribution is 2.41. The normalized spacial score (nSPS) is 14.3. The first-order valence-corrected chi connectivity index (χ1v) is 6.45. The molecule has 0 amide bonds. The van der Waals surface area contributed by atoms with E-state index in [4.69, 9.17) is 0 Å². The molecule has 0 aliphatic carbocycles. The molecular weight excluding hydrogens is 224 g/mol. The van der Waals surface area contributed by atoms with Crippen LogP contribution >= 0.6 is 0 Å². The highest BCUT2D eigenvalue weighted by molar-refractivity contribution is 5.70. The Morgan fingerprint density at radius 1 is 1.17 bits per heavy atom. The van der Waals surface area contributed by atoms with Gasteiger partial charge in [-0.2, -0.15) is 0 Å². The molecule has 100 valence electrons. The lowest BCUT2D eigenvalue weighted by Gasteiger charge is -2.37. The number of carboxylic acids is 1. The van der Waals surface area contributed by atoms with E-state index in [0.29, 0.717) is 0 Å². The molecule has 0 heterocycles. The summed E-state index contributed by atoms with van der Waals surface area (Å²) in [4.78, 5) is 11.2. The molecule has 1 unspecified atom stereocenters. The number of aliphatic carboxylic acids is 1. The van der Waals surface area contributed by atoms with E-state index in [1.54, 1.807) is 6.92 Å². The zero-order chi connectivity index (χ0) is 14.0. The molecule has 0 bridgehead atoms. The zero-order valence-electron chi connectivity index (χ0n) is 12.0. The zero-order valence-corrected chi connectivity index (χ0v) is 12.0. The molecule has 1 aromatic carbocycles. The minimum Gasteiger partial charge on any atom is -0.481 e. The third-order valence-corrected chi connectivity index (χ3v) is 4.00. The first-order valence-electron chi connectivity index (χ1n) is 6.45. The van der Waals surface area contributed by atoms with Gasteiger partial charge in [0.05, 0.1) is 5.92 Å². The molecule has 1 atom stereocenters. The van der Waals surface area contributed by atoms with Crippen molar-refractivity contribution < 1.29 is 9.90 Å². The number of hydrogen-bond donors (Lipinski definition) is 1. The summed E-state index contributed by atoms with van der Waals surface area (Å²) in [6.45, 7) is 10.2. The Morgan fingerprint density at radius 2 is 1.67 bits per heavy atom. The van der Waals surface area contributed by atoms with Crippen LogP contribution in [0.3, 0.4) is 0 Å². The number of carbonyl (C=O) groups is 1. The fourth-order valence-corrected chi connectivity index (χ4v) is 2.62. The molecule has 1 aromatic rings. The van der Waals surface area contributed by atoms with Crippen molar-refractivity contribution in [2.24, 2.45) is 11.3 Å². The van der Waals surface area contributed by atoms with Gasteiger partial charge in [-0.25, -0.2) is 0 Å². The SMILES string of the molecule is CC(C(=O)O)C(C)(C)CC(C)(C)c1ccccc1. The molecule has 0 radical (unpaired) electrons. The van der Waals surface area contributed by atoms with E-state index >= 15 is 0 Å². The second kappa shape index (κ2) is 5.13. The van der Waals surface area contributed by atoms with Crippen molar-refractivity contribution in [1.29, 1.82) is 0 Å². The fourth-order valence-electron chi connectivity index (χ4n) is 2.62. The van der Waals surface area contributed by atoms with Gasteiger partial charge in [-0.05, 0) is 22.8 Å². The van der Waals surface area contributed by atoms with Crippen LogP contribution in [-0.4, -0.2) is 11.1 Å². The Balaban J connectivity index is 2.92. The number of benzene rings is 1. The van der Waals surface area contributed by atoms with Crippen molar-refractivity contribution in [3.8, 4) is 0 Å². The van der Waals surface area contributed by atoms with E-state index in [0.717, 1.165) is 6.42 Å². The maximum absolute atomic E-state index is 11.2. The summed E-state index contributed by atoms with van der Waals surface area (Å²) in [5.74, 6) is -1.07. The van der Waals surface area contributed by atoms with Crippen LogP contribution in [0, 0.1) is 11.3 Å². The first-order chi connectivity index (χ1) is 8.17. The molecule has 2 nitrogen and oxygen atoms in total. The Morgan fingerprint density at radius 3 is 2.11 bits per heavy atom. The van der Waals surface area contributed by atoms with Gasteiger partial charge in [-0.1, -0.05) is 65.0 Å². The topological polar surface area (TPSA) is 37.3 Å². The highest BCUT2D eigenvalue weighted by Gasteiger charge is 2.37. The predicted octanol–water partition coefficient (Wildman–Crippen LogP) is 4.10. The van der Waals surface area contributed by atoms with E-state index in [9.17, 15) is 9.90 Å². The summed E-state index contributed by atoms with van der Waals surface area (Å²) in [5.41, 5.74) is 1.01. The van der Waals surface area contributed by atoms with Crippen LogP contribution in [0.5, 0.6) is 0 Å². The number of carboxylic acid groups (broad SMARTS) is 1. The van der Waals surface area contributed by atoms with Crippen LogP contribution in [0.15, 0.2) is 30.3 Å². The van der Waals surface area contributed by atoms with Crippen LogP contribution in [-0.2, 0) is 10.2 Å². The minimum atomic E-state index is -0.719. The molecule has 0 aliphatic heterocycles. The molecule has 0 fully saturated rings. The predicted molar refractivity (Wildman–Crippen MR) is 74.7 cm³/mol. The lowest BCUT2D eigenvalue weighted by atomic mass is 9.66. The molecule has 0 saturated carbocycles. The van der Waals surface area contributed by atoms with E-state index in [1.165, 1.54) is 5.56 Å². The molecule has 1 rings (SSSR count). The van der Waals surface area contributed by atoms with Gasteiger partial charge in [-0.3, -0.25) is 4.79 Å². The van der Waals surface area contributed by atoms with Crippen LogP contribution in [0.4, 0.5) is 0 Å². The summed E-state index contributed by atoms with van der Waals surface area (Å²) in [5, 5.41) is 9.19. The summed E-state index contributed by atoms with van der Waals surface area (Å²) in [7, 11) is 0. The van der Waals surface area contributed by atoms with Gasteiger partial charge in [0.15, 0.2) is 0 Å². The standard InChI is InChI=1S/C16H24O2/c1-12(14(17)18)15(2,3)11-16(4,5)13-9-7-6-8-10-13/h6-10,12H,11H2,1-5H3,(H,17,18). The smallest absolute Gasteiger partial charge is 0.306 e. The van der Waals surface area contributed by atoms with Crippen LogP contribution in [0.1, 0.15) is 46.6 Å². The Labute approximate surface area is 110 Å². The van der Waals surface area contributed by atoms with Crippen LogP contribution in [0.2, 0.25) is 0 Å². The third-order valence-electron chi connectivity index (χ3n) is 4.00.